The van der Waals surface area contributed by atoms with E-state index in [-0.39, 0.29) is 12.3 Å². The summed E-state index contributed by atoms with van der Waals surface area (Å²) in [6.45, 7) is 0. The number of hydrazine groups is 1. The average molecular weight is 568 g/mol. The maximum absolute atomic E-state index is 7.19. The van der Waals surface area contributed by atoms with E-state index in [0.29, 0.717) is 72.5 Å². The minimum Gasteiger partial charge on any atom is -0.286 e. The van der Waals surface area contributed by atoms with Crippen LogP contribution >= 0.6 is 0 Å². The Labute approximate surface area is 247 Å². The van der Waals surface area contributed by atoms with E-state index in [1.54, 1.807) is 0 Å². The summed E-state index contributed by atoms with van der Waals surface area (Å²) in [6.07, 6.45) is 24.4. The molecule has 4 saturated carbocycles. The Kier molecular flexibility index (Phi) is 7.19. The van der Waals surface area contributed by atoms with Crippen LogP contribution in [-0.2, 0) is 0 Å². The molecule has 16 atom stereocenters. The van der Waals surface area contributed by atoms with Gasteiger partial charge in [0, 0.05) is 0 Å². The van der Waals surface area contributed by atoms with Crippen molar-refractivity contribution in [3.8, 4) is 0 Å². The van der Waals surface area contributed by atoms with Crippen LogP contribution in [0, 0.1) is 47.3 Å². The summed E-state index contributed by atoms with van der Waals surface area (Å²) in [5.41, 5.74) is 0. The van der Waals surface area contributed by atoms with Crippen LogP contribution < -0.4 is 43.1 Å². The van der Waals surface area contributed by atoms with Crippen LogP contribution in [-0.4, -0.2) is 54.3 Å². The van der Waals surface area contributed by atoms with Gasteiger partial charge in [0.05, 0.1) is 49.3 Å². The van der Waals surface area contributed by atoms with E-state index >= 15 is 0 Å². The van der Waals surface area contributed by atoms with Crippen LogP contribution in [0.15, 0.2) is 0 Å². The standard InChI is InChI=1S/C32H57N9/c33-41-31-23-15-7-8-16-24(23)32(41)40-30-22-14-6-4-12-20(22)28(38-30)36-26-18-10-2-1-9-17(18)25(34-26)35-27-19-11-3-5-13-21(19)29(37-27)39-31/h17-32,34-40H,1-16,33H2. The van der Waals surface area contributed by atoms with E-state index in [1.165, 1.54) is 103 Å². The summed E-state index contributed by atoms with van der Waals surface area (Å²) in [4.78, 5) is 0. The molecule has 0 radical (unpaired) electrons. The van der Waals surface area contributed by atoms with E-state index in [4.69, 9.17) is 5.84 Å². The quantitative estimate of drug-likeness (QED) is 0.209. The number of nitrogens with zero attached hydrogens (tertiary/aromatic N) is 1. The zero-order chi connectivity index (χ0) is 27.1. The van der Waals surface area contributed by atoms with Crippen molar-refractivity contribution in [1.82, 2.24) is 42.2 Å². The molecule has 9 heteroatoms. The fourth-order valence-electron chi connectivity index (χ4n) is 12.2. The molecule has 5 heterocycles. The van der Waals surface area contributed by atoms with Gasteiger partial charge in [0.1, 0.15) is 0 Å². The Bertz CT molecular complexity index is 878. The molecule has 8 bridgehead atoms. The van der Waals surface area contributed by atoms with Gasteiger partial charge in [-0.25, -0.2) is 5.01 Å². The van der Waals surface area contributed by atoms with Crippen LogP contribution in [0.25, 0.3) is 0 Å². The predicted molar refractivity (Wildman–Crippen MR) is 160 cm³/mol. The highest BCUT2D eigenvalue weighted by Crippen LogP contribution is 2.46. The Morgan fingerprint density at radius 3 is 0.805 bits per heavy atom. The van der Waals surface area contributed by atoms with Crippen LogP contribution in [0.4, 0.5) is 0 Å². The molecule has 9 nitrogen and oxygen atoms in total. The van der Waals surface area contributed by atoms with E-state index in [9.17, 15) is 0 Å². The first-order chi connectivity index (χ1) is 20.2. The summed E-state index contributed by atoms with van der Waals surface area (Å²) in [6, 6.07) is 0. The van der Waals surface area contributed by atoms with Crippen molar-refractivity contribution in [2.45, 2.75) is 152 Å². The van der Waals surface area contributed by atoms with Gasteiger partial charge in [-0.05, 0) is 98.7 Å². The highest BCUT2D eigenvalue weighted by molar-refractivity contribution is 5.08. The van der Waals surface area contributed by atoms with Crippen LogP contribution in [0.5, 0.6) is 0 Å². The molecule has 41 heavy (non-hydrogen) atoms. The molecule has 9 N–H and O–H groups in total. The smallest absolute Gasteiger partial charge is 0.0792 e. The monoisotopic (exact) mass is 567 g/mol. The highest BCUT2D eigenvalue weighted by atomic mass is 15.6. The first-order valence-corrected chi connectivity index (χ1v) is 18.1. The molecule has 0 amide bonds. The highest BCUT2D eigenvalue weighted by Gasteiger charge is 2.55. The topological polar surface area (TPSA) is 113 Å². The zero-order valence-corrected chi connectivity index (χ0v) is 25.1. The van der Waals surface area contributed by atoms with Gasteiger partial charge in [-0.3, -0.25) is 43.1 Å². The number of nitrogens with two attached hydrogens (primary N) is 1. The summed E-state index contributed by atoms with van der Waals surface area (Å²) < 4.78 is 0. The zero-order valence-electron chi connectivity index (χ0n) is 25.1. The van der Waals surface area contributed by atoms with E-state index < -0.39 is 0 Å². The average Bonchev–Trinajstić information content (AvgIpc) is 3.72. The van der Waals surface area contributed by atoms with E-state index in [1.807, 2.05) is 0 Å². The Morgan fingerprint density at radius 2 is 0.537 bits per heavy atom. The summed E-state index contributed by atoms with van der Waals surface area (Å²) in [5.74, 6) is 12.7. The number of fused-ring (bicyclic) bond motifs is 20. The van der Waals surface area contributed by atoms with Crippen molar-refractivity contribution in [2.75, 3.05) is 0 Å². The second-order valence-electron chi connectivity index (χ2n) is 15.8. The minimum atomic E-state index is 0.249. The lowest BCUT2D eigenvalue weighted by Gasteiger charge is -2.36. The van der Waals surface area contributed by atoms with Gasteiger partial charge in [0.2, 0.25) is 0 Å². The number of hydrogen-bond acceptors (Lipinski definition) is 9. The fourth-order valence-corrected chi connectivity index (χ4v) is 12.2. The second-order valence-corrected chi connectivity index (χ2v) is 15.8. The molecule has 9 rings (SSSR count). The Morgan fingerprint density at radius 1 is 0.317 bits per heavy atom. The van der Waals surface area contributed by atoms with Crippen LogP contribution in [0.2, 0.25) is 0 Å². The van der Waals surface area contributed by atoms with Gasteiger partial charge in [-0.15, -0.1) is 0 Å². The summed E-state index contributed by atoms with van der Waals surface area (Å²) in [7, 11) is 0. The number of hydrogen-bond donors (Lipinski definition) is 8. The van der Waals surface area contributed by atoms with Crippen molar-refractivity contribution < 1.29 is 0 Å². The Balaban J connectivity index is 1.07. The largest absolute Gasteiger partial charge is 0.286 e. The van der Waals surface area contributed by atoms with Crippen LogP contribution in [0.3, 0.4) is 0 Å². The maximum atomic E-state index is 7.19. The molecule has 0 aromatic heterocycles. The van der Waals surface area contributed by atoms with Gasteiger partial charge >= 0.3 is 0 Å². The molecule has 0 aromatic carbocycles. The molecule has 9 aliphatic rings. The molecular formula is C32H57N9. The fraction of sp³-hybridized carbons (Fsp3) is 1.00. The van der Waals surface area contributed by atoms with Gasteiger partial charge in [-0.1, -0.05) is 51.4 Å². The lowest BCUT2D eigenvalue weighted by molar-refractivity contribution is 0.0883. The summed E-state index contributed by atoms with van der Waals surface area (Å²) >= 11 is 0. The molecule has 16 unspecified atom stereocenters. The lowest BCUT2D eigenvalue weighted by Crippen LogP contribution is -2.64. The van der Waals surface area contributed by atoms with Crippen molar-refractivity contribution in [3.63, 3.8) is 0 Å². The number of rotatable bonds is 0. The minimum absolute atomic E-state index is 0.249. The number of nitrogens with one attached hydrogen (secondary N) is 7. The van der Waals surface area contributed by atoms with Crippen molar-refractivity contribution in [1.29, 1.82) is 0 Å². The maximum Gasteiger partial charge on any atom is 0.0792 e. The second kappa shape index (κ2) is 10.9. The van der Waals surface area contributed by atoms with Gasteiger partial charge in [-0.2, -0.15) is 0 Å². The van der Waals surface area contributed by atoms with Gasteiger partial charge in [0.15, 0.2) is 0 Å². The summed E-state index contributed by atoms with van der Waals surface area (Å²) in [5, 5.41) is 31.7. The molecule has 0 aromatic rings. The lowest BCUT2D eigenvalue weighted by atomic mass is 9.76. The normalized spacial score (nSPS) is 57.0. The van der Waals surface area contributed by atoms with Crippen molar-refractivity contribution in [2.24, 2.45) is 53.2 Å². The Hall–Kier alpha value is -0.360. The van der Waals surface area contributed by atoms with Crippen molar-refractivity contribution >= 4 is 0 Å². The van der Waals surface area contributed by atoms with E-state index in [2.05, 4.69) is 42.2 Å². The third-order valence-electron chi connectivity index (χ3n) is 14.0. The first-order valence-electron chi connectivity index (χ1n) is 18.1. The van der Waals surface area contributed by atoms with Gasteiger partial charge < -0.3 is 0 Å². The molecule has 230 valence electrons. The van der Waals surface area contributed by atoms with Crippen molar-refractivity contribution in [3.05, 3.63) is 0 Å². The molecule has 5 saturated heterocycles. The molecule has 0 spiro atoms. The molecule has 5 aliphatic heterocycles. The predicted octanol–water partition coefficient (Wildman–Crippen LogP) is 2.19. The first kappa shape index (κ1) is 27.0. The third kappa shape index (κ3) is 4.51. The van der Waals surface area contributed by atoms with E-state index in [0.717, 1.165) is 11.8 Å². The van der Waals surface area contributed by atoms with Gasteiger partial charge in [0.25, 0.3) is 0 Å². The molecule has 4 aliphatic carbocycles. The SMILES string of the molecule is NN1C2NC3NC(NC4NC(NC5NC(NC1C1CCCCC12)C1CCCCC51)C1CCCCC41)C1CCCCC31. The third-order valence-corrected chi connectivity index (χ3v) is 14.0. The van der Waals surface area contributed by atoms with Crippen LogP contribution in [0.1, 0.15) is 103 Å². The molecule has 9 fully saturated rings. The molecular weight excluding hydrogens is 510 g/mol.